The number of morpholine rings is 1. The number of hydrogen-bond acceptors (Lipinski definition) is 5. The molecule has 2 heterocycles. The van der Waals surface area contributed by atoms with Crippen LogP contribution in [-0.4, -0.2) is 40.1 Å². The third-order valence-corrected chi connectivity index (χ3v) is 3.67. The molecule has 106 valence electrons. The van der Waals surface area contributed by atoms with Gasteiger partial charge in [0.15, 0.2) is 5.13 Å². The highest BCUT2D eigenvalue weighted by atomic mass is 32.1. The van der Waals surface area contributed by atoms with Crippen LogP contribution in [0.15, 0.2) is 5.38 Å². The Balaban J connectivity index is 2.06. The number of ether oxygens (including phenoxy) is 1. The number of nitrogen functional groups attached to an aromatic ring is 1. The predicted molar refractivity (Wildman–Crippen MR) is 76.1 cm³/mol. The van der Waals surface area contributed by atoms with Crippen LogP contribution in [0.2, 0.25) is 0 Å². The summed E-state index contributed by atoms with van der Waals surface area (Å²) in [6, 6.07) is 0. The Bertz CT molecular complexity index is 466. The molecule has 1 aliphatic heterocycles. The maximum absolute atomic E-state index is 12.3. The molecule has 2 rings (SSSR count). The Morgan fingerprint density at radius 3 is 2.47 bits per heavy atom. The second-order valence-electron chi connectivity index (χ2n) is 6.23. The molecule has 0 spiro atoms. The number of aromatic nitrogens is 1. The number of amides is 1. The SMILES string of the molecule is CC1(C)CN(C(=O)Cc2csc(N)n2)CC(C)(C)O1. The van der Waals surface area contributed by atoms with E-state index in [1.807, 2.05) is 38.0 Å². The number of nitrogens with two attached hydrogens (primary N) is 1. The van der Waals surface area contributed by atoms with Gasteiger partial charge in [-0.2, -0.15) is 0 Å². The van der Waals surface area contributed by atoms with Crippen molar-refractivity contribution in [1.29, 1.82) is 0 Å². The summed E-state index contributed by atoms with van der Waals surface area (Å²) in [6.45, 7) is 9.25. The van der Waals surface area contributed by atoms with Crippen molar-refractivity contribution in [1.82, 2.24) is 9.88 Å². The van der Waals surface area contributed by atoms with E-state index in [1.165, 1.54) is 11.3 Å². The van der Waals surface area contributed by atoms with Crippen molar-refractivity contribution in [3.8, 4) is 0 Å². The van der Waals surface area contributed by atoms with Crippen LogP contribution in [0.25, 0.3) is 0 Å². The number of carbonyl (C=O) groups excluding carboxylic acids is 1. The largest absolute Gasteiger partial charge is 0.375 e. The molecule has 1 aromatic rings. The fraction of sp³-hybridized carbons (Fsp3) is 0.692. The van der Waals surface area contributed by atoms with Crippen LogP contribution < -0.4 is 5.73 Å². The monoisotopic (exact) mass is 283 g/mol. The smallest absolute Gasteiger partial charge is 0.228 e. The lowest BCUT2D eigenvalue weighted by atomic mass is 9.98. The second kappa shape index (κ2) is 4.76. The van der Waals surface area contributed by atoms with Crippen LogP contribution in [0.1, 0.15) is 33.4 Å². The fourth-order valence-electron chi connectivity index (χ4n) is 2.63. The Morgan fingerprint density at radius 2 is 2.00 bits per heavy atom. The van der Waals surface area contributed by atoms with E-state index in [0.29, 0.717) is 24.6 Å². The first-order valence-electron chi connectivity index (χ1n) is 6.35. The lowest BCUT2D eigenvalue weighted by Crippen LogP contribution is -2.58. The van der Waals surface area contributed by atoms with Crippen molar-refractivity contribution in [3.05, 3.63) is 11.1 Å². The lowest BCUT2D eigenvalue weighted by Gasteiger charge is -2.47. The van der Waals surface area contributed by atoms with E-state index < -0.39 is 0 Å². The van der Waals surface area contributed by atoms with Gasteiger partial charge in [-0.3, -0.25) is 4.79 Å². The molecule has 0 bridgehead atoms. The Kier molecular flexibility index (Phi) is 3.57. The van der Waals surface area contributed by atoms with Crippen molar-refractivity contribution in [2.24, 2.45) is 0 Å². The molecule has 0 aromatic carbocycles. The van der Waals surface area contributed by atoms with E-state index >= 15 is 0 Å². The fourth-order valence-corrected chi connectivity index (χ4v) is 3.20. The number of carbonyl (C=O) groups is 1. The van der Waals surface area contributed by atoms with Crippen molar-refractivity contribution in [3.63, 3.8) is 0 Å². The second-order valence-corrected chi connectivity index (χ2v) is 7.11. The van der Waals surface area contributed by atoms with Crippen LogP contribution in [0.5, 0.6) is 0 Å². The van der Waals surface area contributed by atoms with Gasteiger partial charge in [-0.1, -0.05) is 0 Å². The summed E-state index contributed by atoms with van der Waals surface area (Å²) in [7, 11) is 0. The van der Waals surface area contributed by atoms with Crippen LogP contribution in [-0.2, 0) is 16.0 Å². The average Bonchev–Trinajstić information content (AvgIpc) is 2.59. The van der Waals surface area contributed by atoms with Gasteiger partial charge in [0.2, 0.25) is 5.91 Å². The lowest BCUT2D eigenvalue weighted by molar-refractivity contribution is -0.187. The summed E-state index contributed by atoms with van der Waals surface area (Å²) in [5, 5.41) is 2.34. The molecule has 1 amide bonds. The zero-order chi connectivity index (χ0) is 14.3. The number of hydrogen-bond donors (Lipinski definition) is 1. The minimum absolute atomic E-state index is 0.0785. The Morgan fingerprint density at radius 1 is 1.42 bits per heavy atom. The molecule has 0 radical (unpaired) electrons. The summed E-state index contributed by atoms with van der Waals surface area (Å²) in [5.74, 6) is 0.0785. The van der Waals surface area contributed by atoms with Gasteiger partial charge in [-0.05, 0) is 27.7 Å². The highest BCUT2D eigenvalue weighted by Gasteiger charge is 2.39. The molecular weight excluding hydrogens is 262 g/mol. The zero-order valence-corrected chi connectivity index (χ0v) is 12.7. The number of rotatable bonds is 2. The maximum atomic E-state index is 12.3. The van der Waals surface area contributed by atoms with Crippen molar-refractivity contribution in [2.75, 3.05) is 18.8 Å². The van der Waals surface area contributed by atoms with Crippen LogP contribution >= 0.6 is 11.3 Å². The standard InChI is InChI=1S/C13H21N3O2S/c1-12(2)7-16(8-13(3,4)18-12)10(17)5-9-6-19-11(14)15-9/h6H,5,7-8H2,1-4H3,(H2,14,15). The number of thiazole rings is 1. The molecular formula is C13H21N3O2S. The maximum Gasteiger partial charge on any atom is 0.228 e. The molecule has 2 N–H and O–H groups in total. The molecule has 1 fully saturated rings. The van der Waals surface area contributed by atoms with E-state index in [-0.39, 0.29) is 17.1 Å². The van der Waals surface area contributed by atoms with Gasteiger partial charge in [0.05, 0.1) is 23.3 Å². The molecule has 19 heavy (non-hydrogen) atoms. The number of anilines is 1. The predicted octanol–water partition coefficient (Wildman–Crippen LogP) is 1.68. The van der Waals surface area contributed by atoms with Crippen molar-refractivity contribution < 1.29 is 9.53 Å². The van der Waals surface area contributed by atoms with E-state index in [4.69, 9.17) is 10.5 Å². The van der Waals surface area contributed by atoms with Gasteiger partial charge in [0, 0.05) is 18.5 Å². The van der Waals surface area contributed by atoms with Crippen LogP contribution in [0, 0.1) is 0 Å². The van der Waals surface area contributed by atoms with E-state index in [1.54, 1.807) is 0 Å². The van der Waals surface area contributed by atoms with Gasteiger partial charge in [-0.15, -0.1) is 11.3 Å². The molecule has 1 aliphatic rings. The first-order valence-corrected chi connectivity index (χ1v) is 7.23. The van der Waals surface area contributed by atoms with Crippen molar-refractivity contribution >= 4 is 22.4 Å². The van der Waals surface area contributed by atoms with Gasteiger partial charge in [-0.25, -0.2) is 4.98 Å². The summed E-state index contributed by atoms with van der Waals surface area (Å²) >= 11 is 1.36. The van der Waals surface area contributed by atoms with Crippen LogP contribution in [0.4, 0.5) is 5.13 Å². The third kappa shape index (κ3) is 3.67. The first kappa shape index (κ1) is 14.3. The molecule has 0 saturated carbocycles. The minimum atomic E-state index is -0.321. The van der Waals surface area contributed by atoms with Gasteiger partial charge in [0.25, 0.3) is 0 Å². The first-order chi connectivity index (χ1) is 8.67. The molecule has 5 nitrogen and oxygen atoms in total. The molecule has 0 aliphatic carbocycles. The summed E-state index contributed by atoms with van der Waals surface area (Å²) in [4.78, 5) is 18.3. The van der Waals surface area contributed by atoms with Crippen molar-refractivity contribution in [2.45, 2.75) is 45.3 Å². The Hall–Kier alpha value is -1.14. The number of nitrogens with zero attached hydrogens (tertiary/aromatic N) is 2. The summed E-state index contributed by atoms with van der Waals surface area (Å²) < 4.78 is 5.97. The van der Waals surface area contributed by atoms with Crippen LogP contribution in [0.3, 0.4) is 0 Å². The van der Waals surface area contributed by atoms with E-state index in [0.717, 1.165) is 5.69 Å². The molecule has 1 aromatic heterocycles. The molecule has 1 saturated heterocycles. The summed E-state index contributed by atoms with van der Waals surface area (Å²) in [6.07, 6.45) is 0.305. The van der Waals surface area contributed by atoms with E-state index in [9.17, 15) is 4.79 Å². The molecule has 6 heteroatoms. The highest BCUT2D eigenvalue weighted by molar-refractivity contribution is 7.13. The minimum Gasteiger partial charge on any atom is -0.375 e. The third-order valence-electron chi connectivity index (χ3n) is 2.95. The normalized spacial score (nSPS) is 21.4. The average molecular weight is 283 g/mol. The van der Waals surface area contributed by atoms with Gasteiger partial charge in [0.1, 0.15) is 0 Å². The summed E-state index contributed by atoms with van der Waals surface area (Å²) in [5.41, 5.74) is 5.68. The van der Waals surface area contributed by atoms with E-state index in [2.05, 4.69) is 4.98 Å². The Labute approximate surface area is 117 Å². The molecule has 0 atom stereocenters. The van der Waals surface area contributed by atoms with Gasteiger partial charge < -0.3 is 15.4 Å². The molecule has 0 unspecified atom stereocenters. The quantitative estimate of drug-likeness (QED) is 0.896. The topological polar surface area (TPSA) is 68.5 Å². The highest BCUT2D eigenvalue weighted by Crippen LogP contribution is 2.28. The van der Waals surface area contributed by atoms with Gasteiger partial charge >= 0.3 is 0 Å². The zero-order valence-electron chi connectivity index (χ0n) is 11.9.